The van der Waals surface area contributed by atoms with Crippen LogP contribution in [0.4, 0.5) is 17.6 Å². The molecular formula is C7H10F4. The SMILES string of the molecule is [CH2]CCC(C)C(F)(F)[C](F)F. The Kier molecular flexibility index (Phi) is 3.83. The van der Waals surface area contributed by atoms with Gasteiger partial charge in [-0.05, 0) is 6.42 Å². The van der Waals surface area contributed by atoms with E-state index in [1.54, 1.807) is 0 Å². The molecule has 0 bridgehead atoms. The highest BCUT2D eigenvalue weighted by Crippen LogP contribution is 2.38. The Morgan fingerprint density at radius 3 is 2.18 bits per heavy atom. The molecule has 0 aliphatic heterocycles. The van der Waals surface area contributed by atoms with Crippen LogP contribution in [-0.4, -0.2) is 5.92 Å². The maximum absolute atomic E-state index is 12.3. The van der Waals surface area contributed by atoms with E-state index in [1.807, 2.05) is 0 Å². The van der Waals surface area contributed by atoms with Crippen molar-refractivity contribution in [2.24, 2.45) is 5.92 Å². The third-order valence-corrected chi connectivity index (χ3v) is 1.51. The molecule has 66 valence electrons. The van der Waals surface area contributed by atoms with Crippen LogP contribution in [0.5, 0.6) is 0 Å². The van der Waals surface area contributed by atoms with E-state index in [9.17, 15) is 17.6 Å². The van der Waals surface area contributed by atoms with Crippen molar-refractivity contribution in [2.45, 2.75) is 25.7 Å². The summed E-state index contributed by atoms with van der Waals surface area (Å²) in [7, 11) is 0. The molecule has 0 fully saturated rings. The molecule has 0 aromatic heterocycles. The lowest BCUT2D eigenvalue weighted by molar-refractivity contribution is -0.102. The molecular weight excluding hydrogens is 160 g/mol. The van der Waals surface area contributed by atoms with Crippen molar-refractivity contribution in [2.75, 3.05) is 0 Å². The molecule has 0 amide bonds. The molecule has 0 aliphatic rings. The van der Waals surface area contributed by atoms with Crippen molar-refractivity contribution in [3.63, 3.8) is 0 Å². The van der Waals surface area contributed by atoms with Gasteiger partial charge in [0.05, 0.1) is 0 Å². The van der Waals surface area contributed by atoms with E-state index in [-0.39, 0.29) is 12.8 Å². The summed E-state index contributed by atoms with van der Waals surface area (Å²) >= 11 is 0. The molecule has 0 aliphatic carbocycles. The first-order chi connectivity index (χ1) is 4.92. The average molecular weight is 170 g/mol. The Morgan fingerprint density at radius 2 is 1.91 bits per heavy atom. The fraction of sp³-hybridized carbons (Fsp3) is 0.714. The topological polar surface area (TPSA) is 0 Å². The lowest BCUT2D eigenvalue weighted by atomic mass is 9.99. The van der Waals surface area contributed by atoms with Gasteiger partial charge in [-0.3, -0.25) is 0 Å². The van der Waals surface area contributed by atoms with E-state index in [0.29, 0.717) is 0 Å². The molecule has 1 unspecified atom stereocenters. The van der Waals surface area contributed by atoms with Crippen LogP contribution in [0, 0.1) is 19.3 Å². The molecule has 0 heterocycles. The molecule has 2 radical (unpaired) electrons. The third kappa shape index (κ3) is 2.67. The Bertz CT molecular complexity index is 111. The maximum atomic E-state index is 12.3. The lowest BCUT2D eigenvalue weighted by Crippen LogP contribution is -2.29. The Balaban J connectivity index is 4.05. The molecule has 0 rings (SSSR count). The van der Waals surface area contributed by atoms with Gasteiger partial charge in [0.1, 0.15) is 0 Å². The first-order valence-electron chi connectivity index (χ1n) is 3.28. The minimum atomic E-state index is -3.95. The van der Waals surface area contributed by atoms with Gasteiger partial charge in [0.2, 0.25) is 0 Å². The smallest absolute Gasteiger partial charge is 0.199 e. The highest BCUT2D eigenvalue weighted by atomic mass is 19.3. The van der Waals surface area contributed by atoms with Crippen LogP contribution in [0.1, 0.15) is 19.8 Å². The van der Waals surface area contributed by atoms with Crippen molar-refractivity contribution in [1.29, 1.82) is 0 Å². The number of rotatable bonds is 4. The standard InChI is InChI=1S/C7H10F4/c1-3-4-5(2)7(10,11)6(8)9/h5H,1,3-4H2,2H3. The van der Waals surface area contributed by atoms with Crippen molar-refractivity contribution in [1.82, 2.24) is 0 Å². The first-order valence-corrected chi connectivity index (χ1v) is 3.28. The highest BCUT2D eigenvalue weighted by molar-refractivity contribution is 4.87. The molecule has 0 aromatic rings. The van der Waals surface area contributed by atoms with Crippen LogP contribution >= 0.6 is 0 Å². The molecule has 0 nitrogen and oxygen atoms in total. The zero-order valence-corrected chi connectivity index (χ0v) is 6.21. The second kappa shape index (κ2) is 3.93. The number of halogens is 4. The Morgan fingerprint density at radius 1 is 1.45 bits per heavy atom. The Labute approximate surface area is 63.6 Å². The van der Waals surface area contributed by atoms with E-state index in [2.05, 4.69) is 6.92 Å². The summed E-state index contributed by atoms with van der Waals surface area (Å²) in [5.41, 5.74) is 0. The average Bonchev–Trinajstić information content (AvgIpc) is 1.88. The van der Waals surface area contributed by atoms with Gasteiger partial charge in [0.25, 0.3) is 0 Å². The first kappa shape index (κ1) is 10.7. The number of hydrogen-bond acceptors (Lipinski definition) is 0. The highest BCUT2D eigenvalue weighted by Gasteiger charge is 2.47. The van der Waals surface area contributed by atoms with Crippen molar-refractivity contribution in [3.8, 4) is 0 Å². The fourth-order valence-corrected chi connectivity index (χ4v) is 0.674. The lowest BCUT2D eigenvalue weighted by Gasteiger charge is -2.20. The summed E-state index contributed by atoms with van der Waals surface area (Å²) in [4.78, 5) is 0. The van der Waals surface area contributed by atoms with Crippen molar-refractivity contribution < 1.29 is 17.6 Å². The molecule has 0 N–H and O–H groups in total. The van der Waals surface area contributed by atoms with E-state index >= 15 is 0 Å². The largest absolute Gasteiger partial charge is 0.378 e. The zero-order chi connectivity index (χ0) is 9.07. The summed E-state index contributed by atoms with van der Waals surface area (Å²) in [6.07, 6.45) is -2.56. The third-order valence-electron chi connectivity index (χ3n) is 1.51. The van der Waals surface area contributed by atoms with Crippen LogP contribution in [0.2, 0.25) is 0 Å². The van der Waals surface area contributed by atoms with Crippen LogP contribution in [0.3, 0.4) is 0 Å². The van der Waals surface area contributed by atoms with Crippen LogP contribution < -0.4 is 0 Å². The predicted octanol–water partition coefficient (Wildman–Crippen LogP) is 3.30. The van der Waals surface area contributed by atoms with Gasteiger partial charge in [-0.25, -0.2) is 0 Å². The summed E-state index contributed by atoms with van der Waals surface area (Å²) in [5, 5.41) is 0. The van der Waals surface area contributed by atoms with Crippen LogP contribution in [-0.2, 0) is 0 Å². The predicted molar refractivity (Wildman–Crippen MR) is 34.2 cm³/mol. The second-order valence-corrected chi connectivity index (χ2v) is 2.43. The summed E-state index contributed by atoms with van der Waals surface area (Å²) in [6, 6.07) is 0. The van der Waals surface area contributed by atoms with Crippen molar-refractivity contribution >= 4 is 0 Å². The normalized spacial score (nSPS) is 15.5. The zero-order valence-electron chi connectivity index (χ0n) is 6.21. The fourth-order valence-electron chi connectivity index (χ4n) is 0.674. The molecule has 0 aromatic carbocycles. The van der Waals surface area contributed by atoms with Gasteiger partial charge in [0.15, 0.2) is 0 Å². The summed E-state index contributed by atoms with van der Waals surface area (Å²) in [5.74, 6) is -5.28. The molecule has 0 spiro atoms. The van der Waals surface area contributed by atoms with Gasteiger partial charge in [-0.15, -0.1) is 0 Å². The van der Waals surface area contributed by atoms with Gasteiger partial charge in [-0.1, -0.05) is 20.3 Å². The van der Waals surface area contributed by atoms with E-state index in [0.717, 1.165) is 6.92 Å². The van der Waals surface area contributed by atoms with Crippen LogP contribution in [0.15, 0.2) is 0 Å². The second-order valence-electron chi connectivity index (χ2n) is 2.43. The van der Waals surface area contributed by atoms with Crippen LogP contribution in [0.25, 0.3) is 0 Å². The van der Waals surface area contributed by atoms with E-state index in [4.69, 9.17) is 0 Å². The summed E-state index contributed by atoms with van der Waals surface area (Å²) < 4.78 is 47.7. The van der Waals surface area contributed by atoms with Gasteiger partial charge < -0.3 is 0 Å². The van der Waals surface area contributed by atoms with Crippen molar-refractivity contribution in [3.05, 3.63) is 13.3 Å². The van der Waals surface area contributed by atoms with Gasteiger partial charge in [-0.2, -0.15) is 17.6 Å². The number of alkyl halides is 2. The molecule has 4 heteroatoms. The van der Waals surface area contributed by atoms with Gasteiger partial charge >= 0.3 is 12.3 Å². The quantitative estimate of drug-likeness (QED) is 0.568. The minimum absolute atomic E-state index is 0.00431. The molecule has 1 atom stereocenters. The summed E-state index contributed by atoms with van der Waals surface area (Å²) in [6.45, 7) is 4.40. The van der Waals surface area contributed by atoms with E-state index < -0.39 is 18.3 Å². The molecule has 11 heavy (non-hydrogen) atoms. The monoisotopic (exact) mass is 170 g/mol. The molecule has 0 saturated heterocycles. The van der Waals surface area contributed by atoms with Gasteiger partial charge in [0, 0.05) is 5.92 Å². The van der Waals surface area contributed by atoms with E-state index in [1.165, 1.54) is 0 Å². The maximum Gasteiger partial charge on any atom is 0.378 e. The minimum Gasteiger partial charge on any atom is -0.199 e. The Hall–Kier alpha value is -0.280. The number of hydrogen-bond donors (Lipinski definition) is 0. The molecule has 0 saturated carbocycles.